The van der Waals surface area contributed by atoms with Crippen LogP contribution in [0.1, 0.15) is 11.6 Å². The van der Waals surface area contributed by atoms with Crippen LogP contribution in [-0.2, 0) is 0 Å². The molecule has 0 bridgehead atoms. The molecule has 0 radical (unpaired) electrons. The minimum atomic E-state index is 0. The summed E-state index contributed by atoms with van der Waals surface area (Å²) in [4.78, 5) is 2.97. The van der Waals surface area contributed by atoms with Crippen molar-refractivity contribution in [2.45, 2.75) is 13.8 Å². The molecule has 4 heteroatoms. The first-order valence-electron chi connectivity index (χ1n) is 2.20. The van der Waals surface area contributed by atoms with Crippen LogP contribution >= 0.6 is 0 Å². The zero-order valence-electron chi connectivity index (χ0n) is 4.83. The zero-order valence-corrected chi connectivity index (χ0v) is 6.41. The summed E-state index contributed by atoms with van der Waals surface area (Å²) in [5.74, 6) is 1.93. The van der Waals surface area contributed by atoms with Gasteiger partial charge >= 0.3 is 0 Å². The van der Waals surface area contributed by atoms with Gasteiger partial charge in [0.1, 0.15) is 0 Å². The van der Waals surface area contributed by atoms with Crippen LogP contribution < -0.4 is 22.0 Å². The average Bonchev–Trinajstić information content (AvgIpc) is 1.87. The number of hydrogen-bond donors (Lipinski definition) is 1. The monoisotopic (exact) mass is 177 g/mol. The second kappa shape index (κ2) is 2.81. The first-order valence-corrected chi connectivity index (χ1v) is 2.20. The lowest BCUT2D eigenvalue weighted by molar-refractivity contribution is -0.396. The van der Waals surface area contributed by atoms with Crippen molar-refractivity contribution in [3.63, 3.8) is 0 Å². The normalized spacial score (nSPS) is 8.25. The summed E-state index contributed by atoms with van der Waals surface area (Å²) in [6.45, 7) is 3.84. The molecule has 1 rings (SSSR count). The molecule has 1 heterocycles. The van der Waals surface area contributed by atoms with E-state index < -0.39 is 0 Å². The van der Waals surface area contributed by atoms with E-state index in [1.807, 2.05) is 13.8 Å². The van der Waals surface area contributed by atoms with E-state index in [1.54, 1.807) is 0 Å². The maximum absolute atomic E-state index is 3.84. The molecule has 0 atom stereocenters. The fourth-order valence-electron chi connectivity index (χ4n) is 0.495. The molecule has 0 saturated carbocycles. The third kappa shape index (κ3) is 1.61. The summed E-state index contributed by atoms with van der Waals surface area (Å²) < 4.78 is 0. The van der Waals surface area contributed by atoms with Crippen molar-refractivity contribution in [1.29, 1.82) is 0 Å². The van der Waals surface area contributed by atoms with Gasteiger partial charge in [0.05, 0.1) is 0 Å². The number of hydrogen-bond acceptors (Lipinski definition) is 1. The van der Waals surface area contributed by atoms with Crippen molar-refractivity contribution in [3.05, 3.63) is 11.6 Å². The Bertz CT molecular complexity index is 144. The standard InChI is InChI=1S/C4H7N3.BrH/c1-3-5-4(2)7-6-3;/h1-2H3,(H,5,6,7);1H. The second-order valence-corrected chi connectivity index (χ2v) is 1.56. The molecule has 0 saturated heterocycles. The molecule has 0 aliphatic carbocycles. The van der Waals surface area contributed by atoms with Crippen LogP contribution in [0.4, 0.5) is 0 Å². The fraction of sp³-hybridized carbons (Fsp3) is 0.500. The molecule has 0 aromatic carbocycles. The summed E-state index contributed by atoms with van der Waals surface area (Å²) in [5.41, 5.74) is 0. The predicted octanol–water partition coefficient (Wildman–Crippen LogP) is -3.16. The predicted molar refractivity (Wildman–Crippen MR) is 24.6 cm³/mol. The highest BCUT2D eigenvalue weighted by Crippen LogP contribution is 1.74. The number of nitrogens with zero attached hydrogens (tertiary/aromatic N) is 1. The van der Waals surface area contributed by atoms with Crippen molar-refractivity contribution in [3.8, 4) is 0 Å². The number of aromatic amines is 2. The van der Waals surface area contributed by atoms with Gasteiger partial charge in [0.25, 0.3) is 5.82 Å². The van der Waals surface area contributed by atoms with Crippen LogP contribution in [0.5, 0.6) is 0 Å². The molecule has 1 aromatic heterocycles. The summed E-state index contributed by atoms with van der Waals surface area (Å²) in [7, 11) is 0. The van der Waals surface area contributed by atoms with Crippen LogP contribution in [0.3, 0.4) is 0 Å². The molecular weight excluding hydrogens is 170 g/mol. The Morgan fingerprint density at radius 2 is 2.12 bits per heavy atom. The fourth-order valence-corrected chi connectivity index (χ4v) is 0.495. The lowest BCUT2D eigenvalue weighted by Gasteiger charge is -1.62. The number of aryl methyl sites for hydroxylation is 2. The van der Waals surface area contributed by atoms with Crippen molar-refractivity contribution in [1.82, 2.24) is 10.2 Å². The third-order valence-corrected chi connectivity index (χ3v) is 0.760. The van der Waals surface area contributed by atoms with E-state index >= 15 is 0 Å². The molecule has 0 unspecified atom stereocenters. The Morgan fingerprint density at radius 1 is 1.50 bits per heavy atom. The largest absolute Gasteiger partial charge is 1.00 e. The lowest BCUT2D eigenvalue weighted by Crippen LogP contribution is -3.00. The molecular formula is C4H8BrN3. The summed E-state index contributed by atoms with van der Waals surface area (Å²) in [6, 6.07) is 0. The van der Waals surface area contributed by atoms with E-state index in [2.05, 4.69) is 15.2 Å². The van der Waals surface area contributed by atoms with Crippen molar-refractivity contribution in [2.24, 2.45) is 0 Å². The van der Waals surface area contributed by atoms with Crippen molar-refractivity contribution in [2.75, 3.05) is 0 Å². The molecule has 2 N–H and O–H groups in total. The third-order valence-electron chi connectivity index (χ3n) is 0.760. The van der Waals surface area contributed by atoms with Gasteiger partial charge in [-0.1, -0.05) is 0 Å². The summed E-state index contributed by atoms with van der Waals surface area (Å²) in [6.07, 6.45) is 0. The Kier molecular flexibility index (Phi) is 2.68. The molecule has 0 aliphatic heterocycles. The Labute approximate surface area is 58.3 Å². The van der Waals surface area contributed by atoms with Gasteiger partial charge < -0.3 is 17.0 Å². The molecule has 46 valence electrons. The smallest absolute Gasteiger partial charge is 0.271 e. The number of nitrogens with one attached hydrogen (secondary N) is 2. The van der Waals surface area contributed by atoms with Crippen LogP contribution in [0, 0.1) is 13.8 Å². The van der Waals surface area contributed by atoms with Gasteiger partial charge in [-0.25, -0.2) is 4.98 Å². The van der Waals surface area contributed by atoms with Gasteiger partial charge in [-0.05, 0) is 0 Å². The molecule has 0 spiro atoms. The number of H-pyrrole nitrogens is 2. The van der Waals surface area contributed by atoms with Crippen molar-refractivity contribution >= 4 is 0 Å². The topological polar surface area (TPSA) is 42.8 Å². The quantitative estimate of drug-likeness (QED) is 0.447. The Balaban J connectivity index is 0.000000490. The summed E-state index contributed by atoms with van der Waals surface area (Å²) >= 11 is 0. The van der Waals surface area contributed by atoms with Crippen molar-refractivity contribution < 1.29 is 22.0 Å². The maximum atomic E-state index is 3.84. The van der Waals surface area contributed by atoms with Crippen LogP contribution in [0.15, 0.2) is 0 Å². The Hall–Kier alpha value is -0.380. The first kappa shape index (κ1) is 7.62. The lowest BCUT2D eigenvalue weighted by atomic mass is 10.7. The SMILES string of the molecule is Cc1n[nH]c(C)[nH+]1.[Br-]. The highest BCUT2D eigenvalue weighted by molar-refractivity contribution is 4.66. The van der Waals surface area contributed by atoms with Gasteiger partial charge in [-0.3, -0.25) is 0 Å². The van der Waals surface area contributed by atoms with Gasteiger partial charge in [0.2, 0.25) is 5.82 Å². The minimum Gasteiger partial charge on any atom is -1.00 e. The summed E-state index contributed by atoms with van der Waals surface area (Å²) in [5, 5.41) is 6.60. The van der Waals surface area contributed by atoms with Gasteiger partial charge in [-0.15, -0.1) is 5.10 Å². The number of aromatic nitrogens is 3. The van der Waals surface area contributed by atoms with E-state index in [0.717, 1.165) is 11.6 Å². The second-order valence-electron chi connectivity index (χ2n) is 1.56. The van der Waals surface area contributed by atoms with Crippen LogP contribution in [0.2, 0.25) is 0 Å². The average molecular weight is 178 g/mol. The first-order chi connectivity index (χ1) is 3.29. The maximum Gasteiger partial charge on any atom is 0.271 e. The van der Waals surface area contributed by atoms with E-state index in [0.29, 0.717) is 0 Å². The van der Waals surface area contributed by atoms with E-state index in [-0.39, 0.29) is 17.0 Å². The van der Waals surface area contributed by atoms with Crippen LogP contribution in [-0.4, -0.2) is 10.2 Å². The molecule has 0 aliphatic rings. The molecule has 1 aromatic rings. The zero-order chi connectivity index (χ0) is 5.28. The minimum absolute atomic E-state index is 0. The number of rotatable bonds is 0. The molecule has 0 amide bonds. The number of halogens is 1. The van der Waals surface area contributed by atoms with Gasteiger partial charge in [0, 0.05) is 18.9 Å². The molecule has 0 fully saturated rings. The molecule has 8 heavy (non-hydrogen) atoms. The van der Waals surface area contributed by atoms with Gasteiger partial charge in [-0.2, -0.15) is 0 Å². The molecule has 3 nitrogen and oxygen atoms in total. The van der Waals surface area contributed by atoms with E-state index in [1.165, 1.54) is 0 Å². The van der Waals surface area contributed by atoms with E-state index in [9.17, 15) is 0 Å². The highest BCUT2D eigenvalue weighted by Gasteiger charge is 1.95. The highest BCUT2D eigenvalue weighted by atomic mass is 79.9. The van der Waals surface area contributed by atoms with E-state index in [4.69, 9.17) is 0 Å². The van der Waals surface area contributed by atoms with Gasteiger partial charge in [0.15, 0.2) is 0 Å². The Morgan fingerprint density at radius 3 is 2.25 bits per heavy atom. The van der Waals surface area contributed by atoms with Crippen LogP contribution in [0.25, 0.3) is 0 Å².